The first-order valence-corrected chi connectivity index (χ1v) is 16.4. The summed E-state index contributed by atoms with van der Waals surface area (Å²) in [5.41, 5.74) is 2.89. The minimum absolute atomic E-state index is 0.0494. The van der Waals surface area contributed by atoms with Crippen molar-refractivity contribution >= 4 is 27.4 Å². The topological polar surface area (TPSA) is 75.6 Å². The number of H-pyrrole nitrogens is 1. The molecule has 6 heteroatoms. The average Bonchev–Trinajstić information content (AvgIpc) is 3.50. The molecule has 220 valence electrons. The van der Waals surface area contributed by atoms with Crippen molar-refractivity contribution in [3.8, 4) is 5.75 Å². The van der Waals surface area contributed by atoms with Gasteiger partial charge in [0.1, 0.15) is 5.75 Å². The van der Waals surface area contributed by atoms with Gasteiger partial charge < -0.3 is 20.1 Å². The third kappa shape index (κ3) is 4.13. The number of phenols is 1. The summed E-state index contributed by atoms with van der Waals surface area (Å²) in [5, 5.41) is 25.9. The molecule has 4 aliphatic heterocycles. The molecule has 1 spiro atoms. The summed E-state index contributed by atoms with van der Waals surface area (Å²) in [4.78, 5) is 14.1. The van der Waals surface area contributed by atoms with E-state index in [-0.39, 0.29) is 17.2 Å². The number of aliphatic hydroxyl groups is 1. The van der Waals surface area contributed by atoms with E-state index in [1.807, 2.05) is 12.3 Å². The zero-order valence-corrected chi connectivity index (χ0v) is 24.6. The van der Waals surface area contributed by atoms with E-state index in [2.05, 4.69) is 57.3 Å². The monoisotopic (exact) mass is 564 g/mol. The van der Waals surface area contributed by atoms with Crippen molar-refractivity contribution in [3.05, 3.63) is 66.5 Å². The molecular weight excluding hydrogens is 520 g/mol. The van der Waals surface area contributed by atoms with Gasteiger partial charge in [-0.2, -0.15) is 0 Å². The number of pyridine rings is 1. The van der Waals surface area contributed by atoms with Crippen LogP contribution in [0.15, 0.2) is 60.8 Å². The van der Waals surface area contributed by atoms with E-state index in [1.54, 1.807) is 6.07 Å². The Hall–Kier alpha value is -2.93. The number of aromatic hydroxyl groups is 1. The number of piperidine rings is 1. The Kier molecular flexibility index (Phi) is 6.58. The standard InChI is InChI=1S/C36H44N4O2/c41-30-14-11-13-26-27-15-18-37-32(33(27)38-31(26)30)28-23-36(42)17-8-4-1-2-5-9-19-39-21-16-29(28)35(24-39)22-25-12-7-3-6-10-20-40(25)34(35)36/h1,4,7,11-15,18,23,25,29,34,38,41-42H,2-3,5-6,8-10,16-17,19-22,24H2/b4-1-,12-7-/t25?,29-,34+,35-,36-/m1/s1. The highest BCUT2D eigenvalue weighted by atomic mass is 16.3. The van der Waals surface area contributed by atoms with E-state index < -0.39 is 5.60 Å². The van der Waals surface area contributed by atoms with E-state index in [1.165, 1.54) is 31.3 Å². The zero-order chi connectivity index (χ0) is 28.3. The number of hydrogen-bond acceptors (Lipinski definition) is 5. The number of aromatic amines is 1. The smallest absolute Gasteiger partial charge is 0.139 e. The van der Waals surface area contributed by atoms with Crippen molar-refractivity contribution in [2.75, 3.05) is 26.2 Å². The van der Waals surface area contributed by atoms with Gasteiger partial charge in [-0.15, -0.1) is 0 Å². The van der Waals surface area contributed by atoms with E-state index in [0.717, 1.165) is 92.2 Å². The fraction of sp³-hybridized carbons (Fsp3) is 0.528. The first kappa shape index (κ1) is 26.7. The third-order valence-electron chi connectivity index (χ3n) is 11.3. The lowest BCUT2D eigenvalue weighted by molar-refractivity contribution is -0.0894. The van der Waals surface area contributed by atoms with Gasteiger partial charge in [0.05, 0.1) is 28.4 Å². The molecule has 6 atom stereocenters. The number of fused-ring (bicyclic) bond motifs is 5. The quantitative estimate of drug-likeness (QED) is 0.292. The normalized spacial score (nSPS) is 37.0. The number of para-hydroxylation sites is 1. The van der Waals surface area contributed by atoms with Crippen LogP contribution in [0.4, 0.5) is 0 Å². The molecule has 3 aromatic rings. The first-order chi connectivity index (χ1) is 20.6. The Labute approximate surface area is 248 Å². The summed E-state index contributed by atoms with van der Waals surface area (Å²) < 4.78 is 0. The Morgan fingerprint density at radius 1 is 0.905 bits per heavy atom. The van der Waals surface area contributed by atoms with E-state index in [4.69, 9.17) is 4.98 Å². The number of allylic oxidation sites excluding steroid dienone is 4. The van der Waals surface area contributed by atoms with Gasteiger partial charge in [0.15, 0.2) is 0 Å². The predicted molar refractivity (Wildman–Crippen MR) is 169 cm³/mol. The maximum Gasteiger partial charge on any atom is 0.139 e. The van der Waals surface area contributed by atoms with Crippen LogP contribution in [0.1, 0.15) is 69.9 Å². The summed E-state index contributed by atoms with van der Waals surface area (Å²) in [7, 11) is 0. The van der Waals surface area contributed by atoms with Crippen molar-refractivity contribution in [2.24, 2.45) is 11.3 Å². The second-order valence-corrected chi connectivity index (χ2v) is 13.7. The molecule has 8 rings (SSSR count). The highest BCUT2D eigenvalue weighted by Gasteiger charge is 2.65. The summed E-state index contributed by atoms with van der Waals surface area (Å²) in [6.07, 6.45) is 24.7. The zero-order valence-electron chi connectivity index (χ0n) is 24.6. The van der Waals surface area contributed by atoms with Gasteiger partial charge in [0.2, 0.25) is 0 Å². The molecule has 1 aliphatic carbocycles. The maximum absolute atomic E-state index is 13.1. The van der Waals surface area contributed by atoms with Crippen LogP contribution < -0.4 is 0 Å². The van der Waals surface area contributed by atoms with Crippen LogP contribution in [0.25, 0.3) is 27.4 Å². The number of nitrogens with one attached hydrogen (secondary N) is 1. The van der Waals surface area contributed by atoms with Crippen LogP contribution in [-0.2, 0) is 0 Å². The minimum atomic E-state index is -0.951. The summed E-state index contributed by atoms with van der Waals surface area (Å²) in [5.74, 6) is 0.581. The van der Waals surface area contributed by atoms with Crippen molar-refractivity contribution in [1.82, 2.24) is 19.8 Å². The number of phenolic OH excluding ortho intramolecular Hbond substituents is 1. The summed E-state index contributed by atoms with van der Waals surface area (Å²) in [6, 6.07) is 8.24. The van der Waals surface area contributed by atoms with Gasteiger partial charge in [0.25, 0.3) is 0 Å². The van der Waals surface area contributed by atoms with Crippen LogP contribution in [0.3, 0.4) is 0 Å². The Morgan fingerprint density at radius 2 is 1.74 bits per heavy atom. The molecule has 3 bridgehead atoms. The van der Waals surface area contributed by atoms with Crippen LogP contribution in [0, 0.1) is 11.3 Å². The van der Waals surface area contributed by atoms with Crippen molar-refractivity contribution in [3.63, 3.8) is 0 Å². The van der Waals surface area contributed by atoms with Gasteiger partial charge in [-0.3, -0.25) is 9.88 Å². The van der Waals surface area contributed by atoms with Gasteiger partial charge >= 0.3 is 0 Å². The van der Waals surface area contributed by atoms with Crippen molar-refractivity contribution in [1.29, 1.82) is 0 Å². The average molecular weight is 565 g/mol. The van der Waals surface area contributed by atoms with Gasteiger partial charge in [-0.1, -0.05) is 36.4 Å². The first-order valence-electron chi connectivity index (χ1n) is 16.4. The molecular formula is C36H44N4O2. The van der Waals surface area contributed by atoms with Crippen LogP contribution in [0.5, 0.6) is 5.75 Å². The number of aromatic nitrogens is 2. The molecule has 1 aromatic carbocycles. The molecule has 0 saturated carbocycles. The highest BCUT2D eigenvalue weighted by molar-refractivity contribution is 6.11. The fourth-order valence-corrected chi connectivity index (χ4v) is 9.64. The largest absolute Gasteiger partial charge is 0.506 e. The fourth-order valence-electron chi connectivity index (χ4n) is 9.64. The number of nitrogens with zero attached hydrogens (tertiary/aromatic N) is 3. The van der Waals surface area contributed by atoms with Gasteiger partial charge in [0, 0.05) is 35.0 Å². The maximum atomic E-state index is 13.1. The Morgan fingerprint density at radius 3 is 2.67 bits per heavy atom. The minimum Gasteiger partial charge on any atom is -0.506 e. The van der Waals surface area contributed by atoms with Crippen molar-refractivity contribution in [2.45, 2.75) is 81.9 Å². The number of rotatable bonds is 1. The molecule has 5 aliphatic rings. The SMILES string of the molecule is Oc1cccc2c1[nH]c1c(C3=C[C@]4(O)CC/C=C\CCCCN5CC[C@H]3[C@@]3(CC6/C=C\CCCCN6[C@@H]34)C5)nccc12. The third-order valence-corrected chi connectivity index (χ3v) is 11.3. The number of benzene rings is 1. The van der Waals surface area contributed by atoms with Crippen LogP contribution >= 0.6 is 0 Å². The Balaban J connectivity index is 1.35. The van der Waals surface area contributed by atoms with E-state index in [9.17, 15) is 10.2 Å². The molecule has 6 nitrogen and oxygen atoms in total. The summed E-state index contributed by atoms with van der Waals surface area (Å²) >= 11 is 0. The van der Waals surface area contributed by atoms with Gasteiger partial charge in [-0.05, 0) is 114 Å². The molecule has 3 N–H and O–H groups in total. The molecule has 42 heavy (non-hydrogen) atoms. The Bertz CT molecular complexity index is 1590. The van der Waals surface area contributed by atoms with Crippen LogP contribution in [-0.4, -0.2) is 73.8 Å². The molecule has 2 fully saturated rings. The molecule has 6 heterocycles. The molecule has 2 saturated heterocycles. The lowest BCUT2D eigenvalue weighted by Crippen LogP contribution is -2.65. The molecule has 0 radical (unpaired) electrons. The second-order valence-electron chi connectivity index (χ2n) is 13.7. The van der Waals surface area contributed by atoms with Crippen molar-refractivity contribution < 1.29 is 10.2 Å². The molecule has 0 amide bonds. The van der Waals surface area contributed by atoms with E-state index in [0.29, 0.717) is 12.0 Å². The van der Waals surface area contributed by atoms with Gasteiger partial charge in [-0.25, -0.2) is 0 Å². The molecule has 2 aromatic heterocycles. The lowest BCUT2D eigenvalue weighted by atomic mass is 9.54. The predicted octanol–water partition coefficient (Wildman–Crippen LogP) is 6.56. The summed E-state index contributed by atoms with van der Waals surface area (Å²) in [6.45, 7) is 4.33. The highest BCUT2D eigenvalue weighted by Crippen LogP contribution is 2.61. The van der Waals surface area contributed by atoms with E-state index >= 15 is 0 Å². The second kappa shape index (κ2) is 10.4. The van der Waals surface area contributed by atoms with Crippen LogP contribution in [0.2, 0.25) is 0 Å². The molecule has 2 unspecified atom stereocenters. The number of hydrogen-bond donors (Lipinski definition) is 3. The lowest BCUT2D eigenvalue weighted by Gasteiger charge is -2.58.